The van der Waals surface area contributed by atoms with E-state index in [4.69, 9.17) is 0 Å². The molecule has 4 aliphatic rings. The lowest BCUT2D eigenvalue weighted by molar-refractivity contribution is 0.332. The van der Waals surface area contributed by atoms with Crippen molar-refractivity contribution in [2.24, 2.45) is 0 Å². The summed E-state index contributed by atoms with van der Waals surface area (Å²) in [5, 5.41) is 0. The Labute approximate surface area is 332 Å². The Kier molecular flexibility index (Phi) is 7.31. The first kappa shape index (κ1) is 33.7. The fourth-order valence-electron chi connectivity index (χ4n) is 11.2. The molecule has 0 saturated heterocycles. The van der Waals surface area contributed by atoms with Crippen LogP contribution in [0.4, 0.5) is 17.1 Å². The Bertz CT molecular complexity index is 2660. The molecule has 0 N–H and O–H groups in total. The van der Waals surface area contributed by atoms with Crippen LogP contribution in [0.2, 0.25) is 0 Å². The minimum Gasteiger partial charge on any atom is -0.310 e. The number of hydrogen-bond acceptors (Lipinski definition) is 1. The van der Waals surface area contributed by atoms with Gasteiger partial charge in [0.1, 0.15) is 0 Å². The van der Waals surface area contributed by atoms with Crippen molar-refractivity contribution in [3.05, 3.63) is 196 Å². The molecule has 0 atom stereocenters. The highest BCUT2D eigenvalue weighted by Crippen LogP contribution is 2.64. The van der Waals surface area contributed by atoms with E-state index in [0.29, 0.717) is 0 Å². The first-order chi connectivity index (χ1) is 27.3. The second kappa shape index (κ2) is 12.2. The molecular formula is C55H49N. The summed E-state index contributed by atoms with van der Waals surface area (Å²) in [4.78, 5) is 2.58. The quantitative estimate of drug-likeness (QED) is 0.175. The number of hydrogen-bond donors (Lipinski definition) is 0. The molecule has 4 aliphatic carbocycles. The average Bonchev–Trinajstić information content (AvgIpc) is 3.69. The average molecular weight is 724 g/mol. The van der Waals surface area contributed by atoms with Gasteiger partial charge in [-0.15, -0.1) is 0 Å². The van der Waals surface area contributed by atoms with Crippen molar-refractivity contribution >= 4 is 17.1 Å². The van der Waals surface area contributed by atoms with Crippen molar-refractivity contribution in [2.75, 3.05) is 4.90 Å². The first-order valence-electron chi connectivity index (χ1n) is 20.9. The van der Waals surface area contributed by atoms with Gasteiger partial charge in [-0.1, -0.05) is 143 Å². The van der Waals surface area contributed by atoms with E-state index in [1.165, 1.54) is 127 Å². The maximum atomic E-state index is 2.60. The van der Waals surface area contributed by atoms with Gasteiger partial charge in [-0.2, -0.15) is 0 Å². The number of para-hydroxylation sites is 1. The van der Waals surface area contributed by atoms with Crippen LogP contribution in [0.1, 0.15) is 97.9 Å². The molecule has 0 bridgehead atoms. The molecule has 56 heavy (non-hydrogen) atoms. The monoisotopic (exact) mass is 723 g/mol. The van der Waals surface area contributed by atoms with Crippen LogP contribution in [-0.2, 0) is 29.1 Å². The molecule has 0 amide bonds. The summed E-state index contributed by atoms with van der Waals surface area (Å²) >= 11 is 0. The van der Waals surface area contributed by atoms with Crippen LogP contribution in [0, 0.1) is 0 Å². The van der Waals surface area contributed by atoms with Gasteiger partial charge in [-0.05, 0) is 158 Å². The molecule has 0 unspecified atom stereocenters. The normalized spacial score (nSPS) is 17.3. The van der Waals surface area contributed by atoms with Crippen LogP contribution in [0.5, 0.6) is 0 Å². The number of rotatable bonds is 4. The van der Waals surface area contributed by atoms with Crippen LogP contribution >= 0.6 is 0 Å². The lowest BCUT2D eigenvalue weighted by Gasteiger charge is -2.42. The fraction of sp³-hybridized carbons (Fsp3) is 0.236. The molecule has 0 aliphatic heterocycles. The molecule has 1 heteroatoms. The molecule has 0 heterocycles. The van der Waals surface area contributed by atoms with E-state index in [2.05, 4.69) is 184 Å². The molecule has 1 spiro atoms. The Morgan fingerprint density at radius 2 is 0.964 bits per heavy atom. The summed E-state index contributed by atoms with van der Waals surface area (Å²) in [7, 11) is 0. The second-order valence-corrected chi connectivity index (χ2v) is 18.2. The standard InChI is InChI=1S/C55H49N/c1-53(2)30-31-54(3,4)51-33-40(28-29-49(51)53)56(39-18-6-5-7-19-39)52-35-50-45(34-44(52)38-27-26-36-16-8-9-17-37(36)32-38)43-22-12-15-25-48(43)55(50)46-23-13-10-20-41(46)42-21-11-14-24-47(42)55/h5-7,10-15,18-29,32-35H,8-9,16-17,30-31H2,1-4H3. The maximum absolute atomic E-state index is 2.60. The Hall–Kier alpha value is -5.66. The van der Waals surface area contributed by atoms with Gasteiger partial charge in [-0.25, -0.2) is 0 Å². The molecule has 1 nitrogen and oxygen atoms in total. The Morgan fingerprint density at radius 1 is 0.393 bits per heavy atom. The number of benzene rings is 7. The van der Waals surface area contributed by atoms with E-state index in [-0.39, 0.29) is 10.8 Å². The van der Waals surface area contributed by atoms with E-state index in [1.807, 2.05) is 0 Å². The van der Waals surface area contributed by atoms with Gasteiger partial charge in [0.2, 0.25) is 0 Å². The highest BCUT2D eigenvalue weighted by Gasteiger charge is 2.52. The van der Waals surface area contributed by atoms with E-state index in [1.54, 1.807) is 0 Å². The summed E-state index contributed by atoms with van der Waals surface area (Å²) in [5.74, 6) is 0. The highest BCUT2D eigenvalue weighted by molar-refractivity contribution is 6.00. The van der Waals surface area contributed by atoms with Gasteiger partial charge in [-0.3, -0.25) is 0 Å². The summed E-state index contributed by atoms with van der Waals surface area (Å²) in [5.41, 5.74) is 22.9. The molecule has 7 aromatic carbocycles. The highest BCUT2D eigenvalue weighted by atomic mass is 15.1. The zero-order chi connectivity index (χ0) is 37.8. The zero-order valence-corrected chi connectivity index (χ0v) is 33.1. The molecular weight excluding hydrogens is 675 g/mol. The smallest absolute Gasteiger partial charge is 0.0726 e. The van der Waals surface area contributed by atoms with Crippen molar-refractivity contribution in [1.29, 1.82) is 0 Å². The minimum atomic E-state index is -0.424. The fourth-order valence-corrected chi connectivity index (χ4v) is 11.2. The second-order valence-electron chi connectivity index (χ2n) is 18.2. The summed E-state index contributed by atoms with van der Waals surface area (Å²) < 4.78 is 0. The van der Waals surface area contributed by atoms with E-state index < -0.39 is 5.41 Å². The number of aryl methyl sites for hydroxylation is 2. The van der Waals surface area contributed by atoms with E-state index in [0.717, 1.165) is 6.42 Å². The summed E-state index contributed by atoms with van der Waals surface area (Å²) in [6.07, 6.45) is 7.26. The van der Waals surface area contributed by atoms with Crippen molar-refractivity contribution < 1.29 is 0 Å². The third-order valence-electron chi connectivity index (χ3n) is 14.1. The van der Waals surface area contributed by atoms with Crippen LogP contribution in [0.15, 0.2) is 152 Å². The largest absolute Gasteiger partial charge is 0.310 e. The van der Waals surface area contributed by atoms with E-state index >= 15 is 0 Å². The van der Waals surface area contributed by atoms with Crippen LogP contribution < -0.4 is 4.90 Å². The molecule has 274 valence electrons. The predicted molar refractivity (Wildman–Crippen MR) is 235 cm³/mol. The lowest BCUT2D eigenvalue weighted by Crippen LogP contribution is -2.34. The maximum Gasteiger partial charge on any atom is 0.0726 e. The van der Waals surface area contributed by atoms with Gasteiger partial charge < -0.3 is 4.90 Å². The Morgan fingerprint density at radius 3 is 1.62 bits per heavy atom. The van der Waals surface area contributed by atoms with Gasteiger partial charge in [0.15, 0.2) is 0 Å². The summed E-state index contributed by atoms with van der Waals surface area (Å²) in [6, 6.07) is 58.6. The van der Waals surface area contributed by atoms with Crippen molar-refractivity contribution in [1.82, 2.24) is 0 Å². The number of nitrogens with zero attached hydrogens (tertiary/aromatic N) is 1. The van der Waals surface area contributed by atoms with Gasteiger partial charge in [0.25, 0.3) is 0 Å². The molecule has 11 rings (SSSR count). The molecule has 0 fully saturated rings. The van der Waals surface area contributed by atoms with Gasteiger partial charge in [0.05, 0.1) is 11.1 Å². The number of fused-ring (bicyclic) bond motifs is 12. The van der Waals surface area contributed by atoms with Gasteiger partial charge >= 0.3 is 0 Å². The molecule has 0 aromatic heterocycles. The van der Waals surface area contributed by atoms with Crippen molar-refractivity contribution in [2.45, 2.75) is 82.5 Å². The summed E-state index contributed by atoms with van der Waals surface area (Å²) in [6.45, 7) is 9.75. The van der Waals surface area contributed by atoms with Gasteiger partial charge in [0, 0.05) is 16.9 Å². The lowest BCUT2D eigenvalue weighted by atomic mass is 9.63. The topological polar surface area (TPSA) is 3.24 Å². The minimum absolute atomic E-state index is 0.0887. The third kappa shape index (κ3) is 4.73. The zero-order valence-electron chi connectivity index (χ0n) is 33.1. The van der Waals surface area contributed by atoms with E-state index in [9.17, 15) is 0 Å². The van der Waals surface area contributed by atoms with Crippen LogP contribution in [-0.4, -0.2) is 0 Å². The third-order valence-corrected chi connectivity index (χ3v) is 14.1. The van der Waals surface area contributed by atoms with Crippen molar-refractivity contribution in [3.8, 4) is 33.4 Å². The first-order valence-corrected chi connectivity index (χ1v) is 20.9. The van der Waals surface area contributed by atoms with Crippen molar-refractivity contribution in [3.63, 3.8) is 0 Å². The predicted octanol–water partition coefficient (Wildman–Crippen LogP) is 14.4. The SMILES string of the molecule is CC1(C)CCC(C)(C)c2cc(N(c3ccccc3)c3cc4c(cc3-c3ccc5c(c3)CCCC5)-c3ccccc3C43c4ccccc4-c4ccccc43)ccc21. The molecule has 0 saturated carbocycles. The molecule has 7 aromatic rings. The number of anilines is 3. The Balaban J connectivity index is 1.25. The van der Waals surface area contributed by atoms with Crippen LogP contribution in [0.3, 0.4) is 0 Å². The molecule has 0 radical (unpaired) electrons. The van der Waals surface area contributed by atoms with Crippen LogP contribution in [0.25, 0.3) is 33.4 Å².